The number of rotatable bonds is 6. The summed E-state index contributed by atoms with van der Waals surface area (Å²) in [6.45, 7) is 5.91. The van der Waals surface area contributed by atoms with Crippen LogP contribution in [0.1, 0.15) is 43.6 Å². The van der Waals surface area contributed by atoms with E-state index < -0.39 is 13.4 Å². The molecule has 26 heavy (non-hydrogen) atoms. The largest absolute Gasteiger partial charge is 0.394 e. The number of hydrogen-bond donors (Lipinski definition) is 4. The van der Waals surface area contributed by atoms with Gasteiger partial charge in [-0.05, 0) is 43.0 Å². The molecule has 0 aliphatic rings. The van der Waals surface area contributed by atoms with Gasteiger partial charge in [0, 0.05) is 17.7 Å². The molecule has 2 rings (SSSR count). The first-order valence-corrected chi connectivity index (χ1v) is 10.4. The fourth-order valence-corrected chi connectivity index (χ4v) is 3.39. The number of aliphatic hydroxyl groups is 1. The van der Waals surface area contributed by atoms with Gasteiger partial charge in [-0.2, -0.15) is 0 Å². The first-order valence-electron chi connectivity index (χ1n) is 8.38. The maximum absolute atomic E-state index is 11.8. The Kier molecular flexibility index (Phi) is 9.51. The molecule has 0 heterocycles. The van der Waals surface area contributed by atoms with Gasteiger partial charge in [0.05, 0.1) is 0 Å². The van der Waals surface area contributed by atoms with Crippen molar-refractivity contribution in [2.45, 2.75) is 38.6 Å². The molecule has 0 saturated heterocycles. The highest BCUT2D eigenvalue weighted by Crippen LogP contribution is 2.50. The zero-order chi connectivity index (χ0) is 19.7. The van der Waals surface area contributed by atoms with E-state index in [1.807, 2.05) is 37.3 Å². The first kappa shape index (κ1) is 22.8. The van der Waals surface area contributed by atoms with Crippen molar-refractivity contribution in [1.29, 1.82) is 0 Å². The van der Waals surface area contributed by atoms with Crippen LogP contribution in [0.25, 0.3) is 0 Å². The van der Waals surface area contributed by atoms with Crippen molar-refractivity contribution in [1.82, 2.24) is 5.32 Å². The van der Waals surface area contributed by atoms with Crippen LogP contribution in [0.15, 0.2) is 54.6 Å². The Labute approximate surface area is 160 Å². The molecule has 4 N–H and O–H groups in total. The van der Waals surface area contributed by atoms with Gasteiger partial charge >= 0.3 is 7.60 Å². The maximum Gasteiger partial charge on any atom is 0.346 e. The topological polar surface area (TPSA) is 89.8 Å². The highest BCUT2D eigenvalue weighted by atomic mass is 35.5. The summed E-state index contributed by atoms with van der Waals surface area (Å²) in [5, 5.41) is 11.5. The van der Waals surface area contributed by atoms with Crippen LogP contribution < -0.4 is 5.32 Å². The van der Waals surface area contributed by atoms with Crippen LogP contribution in [0.2, 0.25) is 5.02 Å². The summed E-state index contributed by atoms with van der Waals surface area (Å²) >= 11 is 5.92. The molecular weight excluding hydrogens is 373 g/mol. The van der Waals surface area contributed by atoms with Crippen LogP contribution in [0.5, 0.6) is 0 Å². The van der Waals surface area contributed by atoms with Crippen LogP contribution in [0.4, 0.5) is 0 Å². The third-order valence-electron chi connectivity index (χ3n) is 3.49. The van der Waals surface area contributed by atoms with Crippen molar-refractivity contribution < 1.29 is 19.5 Å². The van der Waals surface area contributed by atoms with Crippen LogP contribution in [-0.2, 0) is 4.57 Å². The Morgan fingerprint density at radius 3 is 2.04 bits per heavy atom. The molecule has 2 unspecified atom stereocenters. The summed E-state index contributed by atoms with van der Waals surface area (Å²) in [6, 6.07) is 16.4. The second-order valence-electron chi connectivity index (χ2n) is 6.36. The lowest BCUT2D eigenvalue weighted by atomic mass is 10.0. The van der Waals surface area contributed by atoms with Crippen molar-refractivity contribution in [2.24, 2.45) is 0 Å². The van der Waals surface area contributed by atoms with Crippen LogP contribution in [0, 0.1) is 0 Å². The normalized spacial score (nSPS) is 13.7. The summed E-state index contributed by atoms with van der Waals surface area (Å²) in [6.07, 6.45) is -0.167. The molecular formula is C19H27ClNO4P. The van der Waals surface area contributed by atoms with Crippen LogP contribution in [-0.4, -0.2) is 27.5 Å². The second-order valence-corrected chi connectivity index (χ2v) is 8.49. The van der Waals surface area contributed by atoms with E-state index in [-0.39, 0.29) is 12.0 Å². The molecule has 0 fully saturated rings. The monoisotopic (exact) mass is 399 g/mol. The van der Waals surface area contributed by atoms with Gasteiger partial charge in [0.2, 0.25) is 0 Å². The molecule has 0 spiro atoms. The summed E-state index contributed by atoms with van der Waals surface area (Å²) in [5.41, 5.74) is 1.60. The molecule has 0 saturated carbocycles. The van der Waals surface area contributed by atoms with Gasteiger partial charge in [0.1, 0.15) is 5.78 Å². The molecule has 0 bridgehead atoms. The third kappa shape index (κ3) is 8.45. The average molecular weight is 400 g/mol. The Morgan fingerprint density at radius 2 is 1.54 bits per heavy atom. The lowest BCUT2D eigenvalue weighted by Crippen LogP contribution is -2.25. The third-order valence-corrected chi connectivity index (χ3v) is 4.88. The van der Waals surface area contributed by atoms with Gasteiger partial charge in [-0.15, -0.1) is 0 Å². The van der Waals surface area contributed by atoms with Crippen molar-refractivity contribution in [2.75, 3.05) is 6.54 Å². The minimum Gasteiger partial charge on any atom is -0.394 e. The van der Waals surface area contributed by atoms with E-state index in [1.165, 1.54) is 0 Å². The molecule has 144 valence electrons. The summed E-state index contributed by atoms with van der Waals surface area (Å²) in [7, 11) is -4.34. The number of aliphatic hydroxyl groups excluding tert-OH is 1. The fourth-order valence-electron chi connectivity index (χ4n) is 2.30. The second kappa shape index (κ2) is 10.8. The minimum absolute atomic E-state index is 0.134. The summed E-state index contributed by atoms with van der Waals surface area (Å²) in [5.74, 6) is -0.924. The van der Waals surface area contributed by atoms with Gasteiger partial charge < -0.3 is 14.9 Å². The molecule has 5 nitrogen and oxygen atoms in total. The number of benzene rings is 2. The fraction of sp³-hybridized carbons (Fsp3) is 0.368. The lowest BCUT2D eigenvalue weighted by Gasteiger charge is -2.23. The number of nitrogens with one attached hydrogen (secondary N) is 1. The van der Waals surface area contributed by atoms with E-state index >= 15 is 0 Å². The van der Waals surface area contributed by atoms with Gasteiger partial charge in [0.15, 0.2) is 0 Å². The predicted molar refractivity (Wildman–Crippen MR) is 106 cm³/mol. The summed E-state index contributed by atoms with van der Waals surface area (Å²) < 4.78 is 11.8. The van der Waals surface area contributed by atoms with Crippen molar-refractivity contribution in [3.8, 4) is 0 Å². The Hall–Kier alpha value is -1.20. The first-order chi connectivity index (χ1) is 12.1. The van der Waals surface area contributed by atoms with Gasteiger partial charge in [-0.1, -0.05) is 61.0 Å². The smallest absolute Gasteiger partial charge is 0.346 e. The van der Waals surface area contributed by atoms with Gasteiger partial charge in [-0.25, -0.2) is 0 Å². The maximum atomic E-state index is 11.8. The molecule has 0 amide bonds. The molecule has 2 aromatic rings. The van der Waals surface area contributed by atoms with Crippen LogP contribution >= 0.6 is 19.2 Å². The predicted octanol–water partition coefficient (Wildman–Crippen LogP) is 4.30. The van der Waals surface area contributed by atoms with Crippen molar-refractivity contribution in [3.05, 3.63) is 70.7 Å². The standard InChI is InChI=1S/C16H19ClNO3P.C3H8O/c1-12(13-6-3-2-4-7-13)11-18-16(22(19,20)21)14-8-5-9-15(17)10-14;1-3(2)4/h2-10,12,16,18H,11H2,1H3,(H2,19,20,21);3-4H,1-2H3. The molecule has 2 atom stereocenters. The SMILES string of the molecule is CC(C)O.CC(CNC(c1cccc(Cl)c1)P(=O)(O)O)c1ccccc1. The molecule has 0 aromatic heterocycles. The highest BCUT2D eigenvalue weighted by molar-refractivity contribution is 7.52. The van der Waals surface area contributed by atoms with E-state index in [0.29, 0.717) is 17.1 Å². The van der Waals surface area contributed by atoms with E-state index in [9.17, 15) is 14.4 Å². The Balaban J connectivity index is 0.000000765. The van der Waals surface area contributed by atoms with Crippen molar-refractivity contribution in [3.63, 3.8) is 0 Å². The van der Waals surface area contributed by atoms with Gasteiger partial charge in [-0.3, -0.25) is 9.88 Å². The summed E-state index contributed by atoms with van der Waals surface area (Å²) in [4.78, 5) is 19.2. The number of halogens is 1. The average Bonchev–Trinajstić information content (AvgIpc) is 2.54. The Bertz CT molecular complexity index is 703. The Morgan fingerprint density at radius 1 is 1.00 bits per heavy atom. The van der Waals surface area contributed by atoms with E-state index in [2.05, 4.69) is 5.32 Å². The number of hydrogen-bond acceptors (Lipinski definition) is 3. The molecule has 2 aromatic carbocycles. The quantitative estimate of drug-likeness (QED) is 0.544. The molecule has 7 heteroatoms. The van der Waals surface area contributed by atoms with Crippen molar-refractivity contribution >= 4 is 19.2 Å². The lowest BCUT2D eigenvalue weighted by molar-refractivity contribution is 0.216. The van der Waals surface area contributed by atoms with E-state index in [0.717, 1.165) is 5.56 Å². The molecule has 0 aliphatic heterocycles. The minimum atomic E-state index is -4.34. The zero-order valence-corrected chi connectivity index (χ0v) is 16.9. The molecule has 0 radical (unpaired) electrons. The van der Waals surface area contributed by atoms with E-state index in [4.69, 9.17) is 16.7 Å². The highest BCUT2D eigenvalue weighted by Gasteiger charge is 2.30. The van der Waals surface area contributed by atoms with Crippen LogP contribution in [0.3, 0.4) is 0 Å². The van der Waals surface area contributed by atoms with E-state index in [1.54, 1.807) is 38.1 Å². The van der Waals surface area contributed by atoms with Gasteiger partial charge in [0.25, 0.3) is 0 Å². The zero-order valence-electron chi connectivity index (χ0n) is 15.2. The molecule has 0 aliphatic carbocycles.